The van der Waals surface area contributed by atoms with E-state index in [1.54, 1.807) is 0 Å². The zero-order valence-electron chi connectivity index (χ0n) is 10.2. The Labute approximate surface area is 113 Å². The monoisotopic (exact) mass is 282 g/mol. The Morgan fingerprint density at radius 1 is 1.47 bits per heavy atom. The molecule has 100 valence electrons. The SMILES string of the molecule is CCCc1c(O)nc(-c2ccc(F)cc2Cl)[nH]c1=O. The zero-order valence-corrected chi connectivity index (χ0v) is 11.0. The summed E-state index contributed by atoms with van der Waals surface area (Å²) in [7, 11) is 0. The van der Waals surface area contributed by atoms with Crippen molar-refractivity contribution in [3.8, 4) is 17.3 Å². The Morgan fingerprint density at radius 3 is 2.79 bits per heavy atom. The van der Waals surface area contributed by atoms with Gasteiger partial charge in [-0.3, -0.25) is 4.79 Å². The molecule has 0 amide bonds. The van der Waals surface area contributed by atoms with Gasteiger partial charge >= 0.3 is 0 Å². The smallest absolute Gasteiger partial charge is 0.258 e. The van der Waals surface area contributed by atoms with Crippen molar-refractivity contribution in [1.82, 2.24) is 9.97 Å². The van der Waals surface area contributed by atoms with E-state index in [0.717, 1.165) is 12.5 Å². The minimum Gasteiger partial charge on any atom is -0.493 e. The van der Waals surface area contributed by atoms with Crippen LogP contribution in [0.2, 0.25) is 5.02 Å². The van der Waals surface area contributed by atoms with Crippen LogP contribution >= 0.6 is 11.6 Å². The van der Waals surface area contributed by atoms with E-state index in [1.165, 1.54) is 12.1 Å². The highest BCUT2D eigenvalue weighted by Crippen LogP contribution is 2.26. The van der Waals surface area contributed by atoms with Crippen molar-refractivity contribution < 1.29 is 9.50 Å². The molecule has 2 N–H and O–H groups in total. The molecule has 0 fully saturated rings. The van der Waals surface area contributed by atoms with Crippen LogP contribution in [0.5, 0.6) is 5.88 Å². The highest BCUT2D eigenvalue weighted by Gasteiger charge is 2.13. The van der Waals surface area contributed by atoms with Crippen LogP contribution in [0.1, 0.15) is 18.9 Å². The molecule has 0 saturated heterocycles. The number of nitrogens with one attached hydrogen (secondary N) is 1. The van der Waals surface area contributed by atoms with Crippen LogP contribution in [-0.2, 0) is 6.42 Å². The summed E-state index contributed by atoms with van der Waals surface area (Å²) in [6.07, 6.45) is 1.15. The van der Waals surface area contributed by atoms with E-state index in [2.05, 4.69) is 9.97 Å². The summed E-state index contributed by atoms with van der Waals surface area (Å²) in [6, 6.07) is 3.72. The lowest BCUT2D eigenvalue weighted by atomic mass is 10.1. The van der Waals surface area contributed by atoms with Gasteiger partial charge in [-0.05, 0) is 24.6 Å². The Kier molecular flexibility index (Phi) is 3.85. The first kappa shape index (κ1) is 13.5. The number of benzene rings is 1. The predicted molar refractivity (Wildman–Crippen MR) is 70.9 cm³/mol. The number of hydrogen-bond acceptors (Lipinski definition) is 3. The van der Waals surface area contributed by atoms with Crippen LogP contribution in [0.3, 0.4) is 0 Å². The highest BCUT2D eigenvalue weighted by atomic mass is 35.5. The lowest BCUT2D eigenvalue weighted by molar-refractivity contribution is 0.443. The average Bonchev–Trinajstić information content (AvgIpc) is 2.33. The number of aromatic hydroxyl groups is 1. The van der Waals surface area contributed by atoms with Gasteiger partial charge in [-0.2, -0.15) is 4.98 Å². The molecular formula is C13H12ClFN2O2. The van der Waals surface area contributed by atoms with Gasteiger partial charge in [0.1, 0.15) is 11.6 Å². The minimum atomic E-state index is -0.483. The molecule has 0 spiro atoms. The van der Waals surface area contributed by atoms with Crippen LogP contribution in [0.15, 0.2) is 23.0 Å². The number of nitrogens with zero attached hydrogens (tertiary/aromatic N) is 1. The molecule has 0 aliphatic rings. The number of rotatable bonds is 3. The van der Waals surface area contributed by atoms with Gasteiger partial charge in [0.15, 0.2) is 0 Å². The van der Waals surface area contributed by atoms with Crippen LogP contribution in [-0.4, -0.2) is 15.1 Å². The quantitative estimate of drug-likeness (QED) is 0.910. The molecule has 0 bridgehead atoms. The number of halogens is 2. The van der Waals surface area contributed by atoms with Crippen molar-refractivity contribution in [2.45, 2.75) is 19.8 Å². The molecule has 1 aromatic heterocycles. The molecule has 1 aromatic carbocycles. The second kappa shape index (κ2) is 5.40. The van der Waals surface area contributed by atoms with E-state index < -0.39 is 11.4 Å². The maximum atomic E-state index is 13.0. The molecule has 2 rings (SSSR count). The van der Waals surface area contributed by atoms with Gasteiger partial charge in [-0.25, -0.2) is 4.39 Å². The lowest BCUT2D eigenvalue weighted by Crippen LogP contribution is -2.15. The van der Waals surface area contributed by atoms with Crippen molar-refractivity contribution in [3.05, 3.63) is 45.0 Å². The fraction of sp³-hybridized carbons (Fsp3) is 0.231. The molecule has 4 nitrogen and oxygen atoms in total. The Hall–Kier alpha value is -1.88. The fourth-order valence-electron chi connectivity index (χ4n) is 1.77. The summed E-state index contributed by atoms with van der Waals surface area (Å²) >= 11 is 5.89. The van der Waals surface area contributed by atoms with Crippen LogP contribution in [0, 0.1) is 5.82 Å². The summed E-state index contributed by atoms with van der Waals surface area (Å²) in [6.45, 7) is 1.89. The third kappa shape index (κ3) is 2.76. The van der Waals surface area contributed by atoms with Crippen molar-refractivity contribution in [2.75, 3.05) is 0 Å². The largest absolute Gasteiger partial charge is 0.493 e. The third-order valence-corrected chi connectivity index (χ3v) is 2.99. The maximum Gasteiger partial charge on any atom is 0.258 e. The molecule has 6 heteroatoms. The van der Waals surface area contributed by atoms with E-state index in [9.17, 15) is 14.3 Å². The number of aromatic nitrogens is 2. The first-order valence-corrected chi connectivity index (χ1v) is 6.18. The number of H-pyrrole nitrogens is 1. The highest BCUT2D eigenvalue weighted by molar-refractivity contribution is 6.33. The van der Waals surface area contributed by atoms with E-state index in [1.807, 2.05) is 6.92 Å². The van der Waals surface area contributed by atoms with Crippen molar-refractivity contribution in [2.24, 2.45) is 0 Å². The van der Waals surface area contributed by atoms with E-state index >= 15 is 0 Å². The average molecular weight is 283 g/mol. The standard InChI is InChI=1S/C13H12ClFN2O2/c1-2-3-9-12(18)16-11(17-13(9)19)8-5-4-7(15)6-10(8)14/h4-6H,2-3H2,1H3,(H2,16,17,18,19). The normalized spacial score (nSPS) is 10.7. The van der Waals surface area contributed by atoms with E-state index in [-0.39, 0.29) is 22.3 Å². The molecule has 0 atom stereocenters. The predicted octanol–water partition coefficient (Wildman–Crippen LogP) is 2.89. The molecule has 0 saturated carbocycles. The Balaban J connectivity index is 2.55. The molecule has 2 aromatic rings. The van der Waals surface area contributed by atoms with Crippen molar-refractivity contribution in [1.29, 1.82) is 0 Å². The summed E-state index contributed by atoms with van der Waals surface area (Å²) < 4.78 is 13.0. The summed E-state index contributed by atoms with van der Waals surface area (Å²) in [4.78, 5) is 18.3. The lowest BCUT2D eigenvalue weighted by Gasteiger charge is -2.06. The van der Waals surface area contributed by atoms with Gasteiger partial charge in [-0.1, -0.05) is 24.9 Å². The van der Waals surface area contributed by atoms with Gasteiger partial charge in [0.05, 0.1) is 10.6 Å². The van der Waals surface area contributed by atoms with Crippen molar-refractivity contribution in [3.63, 3.8) is 0 Å². The molecule has 1 heterocycles. The molecule has 0 aliphatic heterocycles. The first-order valence-electron chi connectivity index (χ1n) is 5.80. The summed E-state index contributed by atoms with van der Waals surface area (Å²) in [5.41, 5.74) is 0.188. The third-order valence-electron chi connectivity index (χ3n) is 2.68. The van der Waals surface area contributed by atoms with Crippen LogP contribution in [0.4, 0.5) is 4.39 Å². The first-order chi connectivity index (χ1) is 9.02. The minimum absolute atomic E-state index is 0.116. The molecule has 0 radical (unpaired) electrons. The topological polar surface area (TPSA) is 66.0 Å². The van der Waals surface area contributed by atoms with E-state index in [0.29, 0.717) is 12.0 Å². The van der Waals surface area contributed by atoms with E-state index in [4.69, 9.17) is 11.6 Å². The molecular weight excluding hydrogens is 271 g/mol. The summed E-state index contributed by atoms with van der Waals surface area (Å²) in [5, 5.41) is 9.88. The Morgan fingerprint density at radius 2 is 2.21 bits per heavy atom. The number of aromatic amines is 1. The second-order valence-electron chi connectivity index (χ2n) is 4.09. The second-order valence-corrected chi connectivity index (χ2v) is 4.50. The van der Waals surface area contributed by atoms with Gasteiger partial charge in [-0.15, -0.1) is 0 Å². The molecule has 0 unspecified atom stereocenters. The van der Waals surface area contributed by atoms with Crippen LogP contribution in [0.25, 0.3) is 11.4 Å². The molecule has 0 aliphatic carbocycles. The molecule has 19 heavy (non-hydrogen) atoms. The fourth-order valence-corrected chi connectivity index (χ4v) is 2.03. The van der Waals surface area contributed by atoms with Gasteiger partial charge in [0, 0.05) is 5.56 Å². The van der Waals surface area contributed by atoms with Crippen LogP contribution < -0.4 is 5.56 Å². The Bertz CT molecular complexity index is 670. The maximum absolute atomic E-state index is 13.0. The summed E-state index contributed by atoms with van der Waals surface area (Å²) in [5.74, 6) is -0.684. The zero-order chi connectivity index (χ0) is 14.0. The van der Waals surface area contributed by atoms with Gasteiger partial charge in [0.2, 0.25) is 5.88 Å². The van der Waals surface area contributed by atoms with Gasteiger partial charge < -0.3 is 10.1 Å². The van der Waals surface area contributed by atoms with Crippen molar-refractivity contribution >= 4 is 11.6 Å². The van der Waals surface area contributed by atoms with Gasteiger partial charge in [0.25, 0.3) is 5.56 Å². The number of hydrogen-bond donors (Lipinski definition) is 2.